The third-order valence-electron chi connectivity index (χ3n) is 8.57. The number of rotatable bonds is 35. The summed E-state index contributed by atoms with van der Waals surface area (Å²) >= 11 is 0. The van der Waals surface area contributed by atoms with E-state index >= 15 is 0 Å². The highest BCUT2D eigenvalue weighted by Gasteiger charge is 1.98. The SMILES string of the molecule is C=CC(=O)OCCCCCCCCCCCCCCCCC.C=CC(=O)OCCCCCCCCCCCCCCCCCC. The summed E-state index contributed by atoms with van der Waals surface area (Å²) in [4.78, 5) is 21.7. The smallest absolute Gasteiger partial charge is 0.330 e. The first-order valence-corrected chi connectivity index (χ1v) is 19.7. The zero-order valence-electron chi connectivity index (χ0n) is 30.5. The van der Waals surface area contributed by atoms with Crippen LogP contribution < -0.4 is 0 Å². The molecule has 0 bridgehead atoms. The van der Waals surface area contributed by atoms with Gasteiger partial charge in [0.1, 0.15) is 0 Å². The topological polar surface area (TPSA) is 52.6 Å². The third-order valence-corrected chi connectivity index (χ3v) is 8.57. The van der Waals surface area contributed by atoms with E-state index < -0.39 is 0 Å². The Bertz CT molecular complexity index is 615. The molecular weight excluding hydrogens is 556 g/mol. The first-order valence-electron chi connectivity index (χ1n) is 19.7. The number of carbonyl (C=O) groups is 2. The molecule has 0 aliphatic heterocycles. The van der Waals surface area contributed by atoms with Gasteiger partial charge in [0.25, 0.3) is 0 Å². The minimum atomic E-state index is -0.301. The molecule has 0 atom stereocenters. The van der Waals surface area contributed by atoms with E-state index in [1.54, 1.807) is 0 Å². The van der Waals surface area contributed by atoms with Crippen LogP contribution in [0.25, 0.3) is 0 Å². The fourth-order valence-corrected chi connectivity index (χ4v) is 5.59. The van der Waals surface area contributed by atoms with Gasteiger partial charge in [0.15, 0.2) is 0 Å². The normalized spacial score (nSPS) is 10.6. The third kappa shape index (κ3) is 44.6. The predicted molar refractivity (Wildman–Crippen MR) is 197 cm³/mol. The van der Waals surface area contributed by atoms with E-state index in [4.69, 9.17) is 9.47 Å². The summed E-state index contributed by atoms with van der Waals surface area (Å²) in [6.45, 7) is 12.4. The molecule has 0 aromatic heterocycles. The molecule has 4 heteroatoms. The second kappa shape index (κ2) is 42.4. The number of unbranched alkanes of at least 4 members (excludes halogenated alkanes) is 29. The first kappa shape index (κ1) is 45.5. The fourth-order valence-electron chi connectivity index (χ4n) is 5.59. The molecule has 4 nitrogen and oxygen atoms in total. The van der Waals surface area contributed by atoms with Crippen molar-refractivity contribution in [1.29, 1.82) is 0 Å². The minimum Gasteiger partial charge on any atom is -0.463 e. The maximum atomic E-state index is 10.8. The lowest BCUT2D eigenvalue weighted by atomic mass is 10.0. The Kier molecular flexibility index (Phi) is 42.9. The molecule has 0 amide bonds. The molecule has 0 N–H and O–H groups in total. The molecular formula is C41H78O4. The second-order valence-electron chi connectivity index (χ2n) is 13.0. The zero-order chi connectivity index (χ0) is 33.3. The van der Waals surface area contributed by atoms with E-state index in [1.165, 1.54) is 198 Å². The molecule has 0 fully saturated rings. The van der Waals surface area contributed by atoms with Crippen molar-refractivity contribution in [3.63, 3.8) is 0 Å². The average molecular weight is 635 g/mol. The van der Waals surface area contributed by atoms with Crippen LogP contribution in [0, 0.1) is 0 Å². The average Bonchev–Trinajstić information content (AvgIpc) is 3.06. The van der Waals surface area contributed by atoms with Crippen molar-refractivity contribution < 1.29 is 19.1 Å². The van der Waals surface area contributed by atoms with Crippen molar-refractivity contribution in [2.45, 2.75) is 213 Å². The number of hydrogen-bond donors (Lipinski definition) is 0. The largest absolute Gasteiger partial charge is 0.463 e. The van der Waals surface area contributed by atoms with Gasteiger partial charge in [-0.15, -0.1) is 0 Å². The van der Waals surface area contributed by atoms with Gasteiger partial charge < -0.3 is 9.47 Å². The lowest BCUT2D eigenvalue weighted by molar-refractivity contribution is -0.138. The monoisotopic (exact) mass is 635 g/mol. The number of hydrogen-bond acceptors (Lipinski definition) is 4. The summed E-state index contributed by atoms with van der Waals surface area (Å²) in [5.74, 6) is -0.601. The molecule has 45 heavy (non-hydrogen) atoms. The highest BCUT2D eigenvalue weighted by Crippen LogP contribution is 2.15. The molecule has 0 rings (SSSR count). The van der Waals surface area contributed by atoms with Crippen molar-refractivity contribution in [2.24, 2.45) is 0 Å². The van der Waals surface area contributed by atoms with E-state index in [2.05, 4.69) is 27.0 Å². The summed E-state index contributed by atoms with van der Waals surface area (Å²) in [7, 11) is 0. The van der Waals surface area contributed by atoms with Gasteiger partial charge >= 0.3 is 11.9 Å². The van der Waals surface area contributed by atoms with Crippen LogP contribution in [0.2, 0.25) is 0 Å². The fraction of sp³-hybridized carbons (Fsp3) is 0.854. The molecule has 0 aliphatic carbocycles. The number of esters is 2. The summed E-state index contributed by atoms with van der Waals surface area (Å²) in [5.41, 5.74) is 0. The van der Waals surface area contributed by atoms with Gasteiger partial charge in [-0.05, 0) is 12.8 Å². The van der Waals surface area contributed by atoms with Gasteiger partial charge in [0.2, 0.25) is 0 Å². The molecule has 0 aromatic carbocycles. The molecule has 0 aliphatic rings. The van der Waals surface area contributed by atoms with Gasteiger partial charge in [-0.25, -0.2) is 9.59 Å². The summed E-state index contributed by atoms with van der Waals surface area (Å²) in [6.07, 6.45) is 44.5. The first-order chi connectivity index (χ1) is 22.1. The van der Waals surface area contributed by atoms with Crippen molar-refractivity contribution >= 4 is 11.9 Å². The molecule has 0 saturated carbocycles. The number of ether oxygens (including phenoxy) is 2. The van der Waals surface area contributed by atoms with Crippen molar-refractivity contribution in [2.75, 3.05) is 13.2 Å². The van der Waals surface area contributed by atoms with Gasteiger partial charge in [-0.3, -0.25) is 0 Å². The Morgan fingerprint density at radius 1 is 0.356 bits per heavy atom. The second-order valence-corrected chi connectivity index (χ2v) is 13.0. The maximum absolute atomic E-state index is 10.8. The minimum absolute atomic E-state index is 0.300. The summed E-state index contributed by atoms with van der Waals surface area (Å²) < 4.78 is 9.90. The highest BCUT2D eigenvalue weighted by molar-refractivity contribution is 5.81. The molecule has 0 saturated heterocycles. The molecule has 0 heterocycles. The van der Waals surface area contributed by atoms with Crippen molar-refractivity contribution in [1.82, 2.24) is 0 Å². The van der Waals surface area contributed by atoms with Crippen molar-refractivity contribution in [3.8, 4) is 0 Å². The quantitative estimate of drug-likeness (QED) is 0.0395. The van der Waals surface area contributed by atoms with E-state index in [0.29, 0.717) is 13.2 Å². The molecule has 0 spiro atoms. The molecule has 0 unspecified atom stereocenters. The van der Waals surface area contributed by atoms with E-state index in [9.17, 15) is 9.59 Å². The van der Waals surface area contributed by atoms with Gasteiger partial charge in [-0.2, -0.15) is 0 Å². The van der Waals surface area contributed by atoms with E-state index in [0.717, 1.165) is 12.8 Å². The van der Waals surface area contributed by atoms with Gasteiger partial charge in [-0.1, -0.05) is 213 Å². The van der Waals surface area contributed by atoms with Crippen LogP contribution in [0.1, 0.15) is 213 Å². The summed E-state index contributed by atoms with van der Waals surface area (Å²) in [5, 5.41) is 0. The van der Waals surface area contributed by atoms with Crippen LogP contribution in [0.4, 0.5) is 0 Å². The van der Waals surface area contributed by atoms with Crippen LogP contribution >= 0.6 is 0 Å². The Morgan fingerprint density at radius 2 is 0.533 bits per heavy atom. The van der Waals surface area contributed by atoms with Crippen LogP contribution in [-0.2, 0) is 19.1 Å². The predicted octanol–water partition coefficient (Wildman–Crippen LogP) is 13.6. The lowest BCUT2D eigenvalue weighted by Crippen LogP contribution is -2.01. The standard InChI is InChI=1S/C21H40O2.C20H38O2/c1-3-5-6-7-8-9-10-11-12-13-14-15-16-17-18-19-20-23-21(22)4-2;1-3-5-6-7-8-9-10-11-12-13-14-15-16-17-18-19-22-20(21)4-2/h4H,2-3,5-20H2,1H3;4H,2-3,5-19H2,1H3. The Morgan fingerprint density at radius 3 is 0.711 bits per heavy atom. The van der Waals surface area contributed by atoms with Crippen LogP contribution in [0.3, 0.4) is 0 Å². The van der Waals surface area contributed by atoms with Gasteiger partial charge in [0.05, 0.1) is 13.2 Å². The maximum Gasteiger partial charge on any atom is 0.330 e. The van der Waals surface area contributed by atoms with Crippen molar-refractivity contribution in [3.05, 3.63) is 25.3 Å². The summed E-state index contributed by atoms with van der Waals surface area (Å²) in [6, 6.07) is 0. The Hall–Kier alpha value is -1.58. The van der Waals surface area contributed by atoms with Gasteiger partial charge in [0, 0.05) is 12.2 Å². The van der Waals surface area contributed by atoms with Crippen LogP contribution in [0.15, 0.2) is 25.3 Å². The molecule has 0 aromatic rings. The van der Waals surface area contributed by atoms with E-state index in [-0.39, 0.29) is 11.9 Å². The molecule has 0 radical (unpaired) electrons. The van der Waals surface area contributed by atoms with Crippen LogP contribution in [-0.4, -0.2) is 25.2 Å². The number of carbonyl (C=O) groups excluding carboxylic acids is 2. The van der Waals surface area contributed by atoms with Crippen LogP contribution in [0.5, 0.6) is 0 Å². The Balaban J connectivity index is 0. The Labute approximate surface area is 282 Å². The van der Waals surface area contributed by atoms with E-state index in [1.807, 2.05) is 0 Å². The molecule has 266 valence electrons. The lowest BCUT2D eigenvalue weighted by Gasteiger charge is -2.04. The zero-order valence-corrected chi connectivity index (χ0v) is 30.5. The highest BCUT2D eigenvalue weighted by atomic mass is 16.5.